The Morgan fingerprint density at radius 2 is 1.93 bits per heavy atom. The van der Waals surface area contributed by atoms with Crippen LogP contribution in [0.5, 0.6) is 17.2 Å². The number of thiocarbonyl (C=S) groups is 1. The Bertz CT molecular complexity index is 1020. The molecule has 0 aromatic heterocycles. The number of para-hydroxylation sites is 2. The van der Waals surface area contributed by atoms with Crippen molar-refractivity contribution in [1.29, 1.82) is 0 Å². The Kier molecular flexibility index (Phi) is 6.96. The van der Waals surface area contributed by atoms with Crippen LogP contribution in [0.25, 0.3) is 6.08 Å². The van der Waals surface area contributed by atoms with Crippen LogP contribution in [0.1, 0.15) is 12.5 Å². The molecule has 2 aromatic carbocycles. The summed E-state index contributed by atoms with van der Waals surface area (Å²) in [5.41, 5.74) is 1.28. The molecular formula is C21H19NO6S2. The maximum absolute atomic E-state index is 13.0. The van der Waals surface area contributed by atoms with Crippen LogP contribution in [0.3, 0.4) is 0 Å². The van der Waals surface area contributed by atoms with Crippen LogP contribution in [0.2, 0.25) is 0 Å². The molecule has 1 aliphatic rings. The average molecular weight is 446 g/mol. The van der Waals surface area contributed by atoms with Gasteiger partial charge in [0, 0.05) is 0 Å². The molecular weight excluding hydrogens is 426 g/mol. The van der Waals surface area contributed by atoms with Crippen LogP contribution in [0.15, 0.2) is 47.4 Å². The number of carboxylic acids is 1. The van der Waals surface area contributed by atoms with E-state index in [1.165, 1.54) is 23.8 Å². The monoisotopic (exact) mass is 445 g/mol. The van der Waals surface area contributed by atoms with Crippen molar-refractivity contribution < 1.29 is 28.9 Å². The summed E-state index contributed by atoms with van der Waals surface area (Å²) in [6.45, 7) is 1.71. The largest absolute Gasteiger partial charge is 0.495 e. The van der Waals surface area contributed by atoms with Gasteiger partial charge in [0.05, 0.1) is 24.3 Å². The Balaban J connectivity index is 1.89. The quantitative estimate of drug-likeness (QED) is 0.483. The number of carboxylic acid groups (broad SMARTS) is 1. The number of benzene rings is 2. The zero-order valence-electron chi connectivity index (χ0n) is 16.3. The molecule has 0 spiro atoms. The molecule has 3 rings (SSSR count). The average Bonchev–Trinajstić information content (AvgIpc) is 3.00. The number of nitrogens with zero attached hydrogens (tertiary/aromatic N) is 1. The Labute approximate surface area is 183 Å². The number of hydrogen-bond donors (Lipinski definition) is 1. The molecule has 1 saturated heterocycles. The van der Waals surface area contributed by atoms with Crippen LogP contribution in [-0.4, -0.2) is 41.6 Å². The maximum atomic E-state index is 13.0. The van der Waals surface area contributed by atoms with Gasteiger partial charge >= 0.3 is 5.97 Å². The molecule has 0 unspecified atom stereocenters. The predicted molar refractivity (Wildman–Crippen MR) is 119 cm³/mol. The third-order valence-electron chi connectivity index (χ3n) is 4.04. The third kappa shape index (κ3) is 4.74. The number of methoxy groups -OCH3 is 1. The molecule has 0 radical (unpaired) electrons. The van der Waals surface area contributed by atoms with Gasteiger partial charge in [-0.15, -0.1) is 0 Å². The minimum atomic E-state index is -1.08. The van der Waals surface area contributed by atoms with Crippen LogP contribution in [0, 0.1) is 0 Å². The van der Waals surface area contributed by atoms with E-state index in [9.17, 15) is 9.59 Å². The van der Waals surface area contributed by atoms with Gasteiger partial charge in [-0.3, -0.25) is 9.69 Å². The van der Waals surface area contributed by atoms with Gasteiger partial charge in [0.2, 0.25) is 0 Å². The topological polar surface area (TPSA) is 85.3 Å². The number of rotatable bonds is 8. The fraction of sp³-hybridized carbons (Fsp3) is 0.190. The van der Waals surface area contributed by atoms with Gasteiger partial charge in [-0.05, 0) is 42.8 Å². The highest BCUT2D eigenvalue weighted by molar-refractivity contribution is 8.27. The number of anilines is 1. The molecule has 2 aromatic rings. The number of carbonyl (C=O) groups is 2. The summed E-state index contributed by atoms with van der Waals surface area (Å²) in [7, 11) is 1.54. The lowest BCUT2D eigenvalue weighted by atomic mass is 10.1. The Hall–Kier alpha value is -3.04. The standard InChI is InChI=1S/C21H19NO6S2/c1-3-27-17-10-13(8-9-16(17)28-12-19(23)24)11-18-20(25)22(21(29)30-18)14-6-4-5-7-15(14)26-2/h4-11H,3,12H2,1-2H3,(H,23,24)/b18-11+. The predicted octanol–water partition coefficient (Wildman–Crippen LogP) is 3.96. The van der Waals surface area contributed by atoms with Crippen molar-refractivity contribution in [2.75, 3.05) is 25.2 Å². The van der Waals surface area contributed by atoms with Crippen molar-refractivity contribution in [2.45, 2.75) is 6.92 Å². The number of aliphatic carboxylic acids is 1. The summed E-state index contributed by atoms with van der Waals surface area (Å²) in [6, 6.07) is 12.2. The lowest BCUT2D eigenvalue weighted by Gasteiger charge is -2.17. The van der Waals surface area contributed by atoms with Gasteiger partial charge in [-0.1, -0.05) is 42.2 Å². The van der Waals surface area contributed by atoms with Crippen molar-refractivity contribution in [3.05, 3.63) is 52.9 Å². The van der Waals surface area contributed by atoms with E-state index in [1.807, 2.05) is 19.1 Å². The van der Waals surface area contributed by atoms with Gasteiger partial charge in [0.25, 0.3) is 5.91 Å². The fourth-order valence-corrected chi connectivity index (χ4v) is 4.07. The normalized spacial score (nSPS) is 14.9. The van der Waals surface area contributed by atoms with E-state index in [4.69, 9.17) is 31.5 Å². The number of thioether (sulfide) groups is 1. The van der Waals surface area contributed by atoms with Gasteiger partial charge in [-0.2, -0.15) is 0 Å². The van der Waals surface area contributed by atoms with Gasteiger partial charge in [0.1, 0.15) is 5.75 Å². The van der Waals surface area contributed by atoms with E-state index in [0.717, 1.165) is 0 Å². The molecule has 9 heteroatoms. The lowest BCUT2D eigenvalue weighted by Crippen LogP contribution is -2.27. The van der Waals surface area contributed by atoms with E-state index >= 15 is 0 Å². The SMILES string of the molecule is CCOc1cc(/C=C2/SC(=S)N(c3ccccc3OC)C2=O)ccc1OCC(=O)O. The van der Waals surface area contributed by atoms with E-state index in [2.05, 4.69) is 0 Å². The first kappa shape index (κ1) is 21.7. The van der Waals surface area contributed by atoms with Crippen LogP contribution in [-0.2, 0) is 9.59 Å². The first-order valence-corrected chi connectivity index (χ1v) is 10.2. The Morgan fingerprint density at radius 1 is 1.17 bits per heavy atom. The Morgan fingerprint density at radius 3 is 2.63 bits per heavy atom. The minimum Gasteiger partial charge on any atom is -0.495 e. The van der Waals surface area contributed by atoms with Crippen molar-refractivity contribution in [1.82, 2.24) is 0 Å². The van der Waals surface area contributed by atoms with E-state index in [-0.39, 0.29) is 5.91 Å². The lowest BCUT2D eigenvalue weighted by molar-refractivity contribution is -0.139. The van der Waals surface area contributed by atoms with Crippen molar-refractivity contribution in [3.8, 4) is 17.2 Å². The molecule has 0 saturated carbocycles. The zero-order valence-corrected chi connectivity index (χ0v) is 17.9. The highest BCUT2D eigenvalue weighted by Crippen LogP contribution is 2.40. The molecule has 1 fully saturated rings. The van der Waals surface area contributed by atoms with Crippen LogP contribution < -0.4 is 19.1 Å². The van der Waals surface area contributed by atoms with Crippen molar-refractivity contribution >= 4 is 51.9 Å². The molecule has 7 nitrogen and oxygen atoms in total. The highest BCUT2D eigenvalue weighted by Gasteiger charge is 2.34. The molecule has 1 N–H and O–H groups in total. The molecule has 1 amide bonds. The summed E-state index contributed by atoms with van der Waals surface area (Å²) in [5.74, 6) is -0.0699. The molecule has 0 aliphatic carbocycles. The second-order valence-electron chi connectivity index (χ2n) is 6.01. The summed E-state index contributed by atoms with van der Waals surface area (Å²) in [5, 5.41) is 8.81. The second-order valence-corrected chi connectivity index (χ2v) is 7.69. The summed E-state index contributed by atoms with van der Waals surface area (Å²) < 4.78 is 16.6. The molecule has 0 atom stereocenters. The molecule has 156 valence electrons. The van der Waals surface area contributed by atoms with E-state index < -0.39 is 12.6 Å². The molecule has 1 heterocycles. The molecule has 30 heavy (non-hydrogen) atoms. The molecule has 1 aliphatic heterocycles. The van der Waals surface area contributed by atoms with Crippen molar-refractivity contribution in [2.24, 2.45) is 0 Å². The van der Waals surface area contributed by atoms with Crippen molar-refractivity contribution in [3.63, 3.8) is 0 Å². The van der Waals surface area contributed by atoms with Crippen LogP contribution in [0.4, 0.5) is 5.69 Å². The van der Waals surface area contributed by atoms with E-state index in [1.54, 1.807) is 36.4 Å². The summed E-state index contributed by atoms with van der Waals surface area (Å²) in [4.78, 5) is 25.7. The van der Waals surface area contributed by atoms with Gasteiger partial charge < -0.3 is 19.3 Å². The summed E-state index contributed by atoms with van der Waals surface area (Å²) in [6.07, 6.45) is 1.71. The molecule has 0 bridgehead atoms. The highest BCUT2D eigenvalue weighted by atomic mass is 32.2. The minimum absolute atomic E-state index is 0.251. The smallest absolute Gasteiger partial charge is 0.341 e. The van der Waals surface area contributed by atoms with Gasteiger partial charge in [-0.25, -0.2) is 4.79 Å². The zero-order chi connectivity index (χ0) is 21.7. The maximum Gasteiger partial charge on any atom is 0.341 e. The number of hydrogen-bond acceptors (Lipinski definition) is 7. The number of amides is 1. The second kappa shape index (κ2) is 9.64. The van der Waals surface area contributed by atoms with E-state index in [0.29, 0.717) is 44.3 Å². The fourth-order valence-electron chi connectivity index (χ4n) is 2.78. The number of carbonyl (C=O) groups excluding carboxylic acids is 1. The summed E-state index contributed by atoms with van der Waals surface area (Å²) >= 11 is 6.61. The third-order valence-corrected chi connectivity index (χ3v) is 5.34. The number of ether oxygens (including phenoxy) is 3. The first-order chi connectivity index (χ1) is 14.4. The first-order valence-electron chi connectivity index (χ1n) is 8.97. The van der Waals surface area contributed by atoms with Crippen LogP contribution >= 0.6 is 24.0 Å². The van der Waals surface area contributed by atoms with Gasteiger partial charge in [0.15, 0.2) is 22.4 Å².